The summed E-state index contributed by atoms with van der Waals surface area (Å²) < 4.78 is 23.1. The molecule has 0 aromatic heterocycles. The number of benzene rings is 1. The average molecular weight is 337 g/mol. The Morgan fingerprint density at radius 1 is 1.30 bits per heavy atom. The van der Waals surface area contributed by atoms with E-state index in [0.717, 1.165) is 5.56 Å². The molecular weight excluding hydrogens is 318 g/mol. The lowest BCUT2D eigenvalue weighted by molar-refractivity contribution is -0.135. The number of fused-ring (bicyclic) bond motifs is 1. The van der Waals surface area contributed by atoms with Crippen molar-refractivity contribution in [3.8, 4) is 0 Å². The quantitative estimate of drug-likeness (QED) is 0.813. The maximum Gasteiger partial charge on any atom is 0.230 e. The fourth-order valence-corrected chi connectivity index (χ4v) is 4.14. The van der Waals surface area contributed by atoms with Crippen LogP contribution in [0.25, 0.3) is 0 Å². The number of anilines is 1. The summed E-state index contributed by atoms with van der Waals surface area (Å²) in [6.45, 7) is 0.586. The van der Waals surface area contributed by atoms with E-state index in [1.54, 1.807) is 12.1 Å². The van der Waals surface area contributed by atoms with Gasteiger partial charge >= 0.3 is 0 Å². The summed E-state index contributed by atoms with van der Waals surface area (Å²) in [5.41, 5.74) is 1.41. The molecule has 1 saturated heterocycles. The standard InChI is InChI=1S/C15H19N3O4S/c16-23(21,22)10-4-3-7-18(9-10)15(20)12-8-14(19)17-13-6-2-1-5-11(12)13/h1-2,5-6,10,12H,3-4,7-9H2,(H,17,19)(H2,16,21,22). The van der Waals surface area contributed by atoms with Crippen molar-refractivity contribution in [3.63, 3.8) is 0 Å². The van der Waals surface area contributed by atoms with E-state index in [9.17, 15) is 18.0 Å². The van der Waals surface area contributed by atoms with Crippen LogP contribution in [0.1, 0.15) is 30.7 Å². The van der Waals surface area contributed by atoms with E-state index in [0.29, 0.717) is 25.1 Å². The van der Waals surface area contributed by atoms with Gasteiger partial charge < -0.3 is 10.2 Å². The molecule has 3 N–H and O–H groups in total. The number of carbonyl (C=O) groups is 2. The molecule has 0 bridgehead atoms. The maximum atomic E-state index is 12.8. The number of hydrogen-bond acceptors (Lipinski definition) is 4. The second-order valence-corrected chi connectivity index (χ2v) is 7.87. The normalized spacial score (nSPS) is 24.7. The van der Waals surface area contributed by atoms with Crippen LogP contribution in [0.15, 0.2) is 24.3 Å². The second kappa shape index (κ2) is 5.93. The molecule has 0 aliphatic carbocycles. The highest BCUT2D eigenvalue weighted by Gasteiger charge is 2.37. The summed E-state index contributed by atoms with van der Waals surface area (Å²) in [7, 11) is -3.67. The van der Waals surface area contributed by atoms with Gasteiger partial charge in [0, 0.05) is 25.2 Å². The summed E-state index contributed by atoms with van der Waals surface area (Å²) in [4.78, 5) is 26.2. The van der Waals surface area contributed by atoms with Crippen molar-refractivity contribution >= 4 is 27.5 Å². The third-order valence-electron chi connectivity index (χ3n) is 4.45. The molecule has 2 aliphatic heterocycles. The Morgan fingerprint density at radius 2 is 2.04 bits per heavy atom. The van der Waals surface area contributed by atoms with E-state index in [1.165, 1.54) is 4.90 Å². The van der Waals surface area contributed by atoms with Crippen molar-refractivity contribution < 1.29 is 18.0 Å². The molecule has 2 atom stereocenters. The summed E-state index contributed by atoms with van der Waals surface area (Å²) in [5, 5.41) is 7.25. The number of para-hydroxylation sites is 1. The first kappa shape index (κ1) is 15.9. The molecule has 1 fully saturated rings. The predicted octanol–water partition coefficient (Wildman–Crippen LogP) is 0.392. The summed E-state index contributed by atoms with van der Waals surface area (Å²) >= 11 is 0. The number of hydrogen-bond donors (Lipinski definition) is 2. The zero-order valence-corrected chi connectivity index (χ0v) is 13.4. The van der Waals surface area contributed by atoms with Crippen LogP contribution in [0.5, 0.6) is 0 Å². The lowest BCUT2D eigenvalue weighted by Gasteiger charge is -2.35. The first-order valence-corrected chi connectivity index (χ1v) is 9.16. The number of piperidine rings is 1. The molecule has 1 aromatic rings. The lowest BCUT2D eigenvalue weighted by Crippen LogP contribution is -2.49. The van der Waals surface area contributed by atoms with Gasteiger partial charge in [0.2, 0.25) is 21.8 Å². The number of sulfonamides is 1. The minimum Gasteiger partial charge on any atom is -0.341 e. The SMILES string of the molecule is NS(=O)(=O)C1CCCN(C(=O)C2CC(=O)Nc3ccccc32)C1. The third-order valence-corrected chi connectivity index (χ3v) is 5.77. The van der Waals surface area contributed by atoms with E-state index in [4.69, 9.17) is 5.14 Å². The largest absolute Gasteiger partial charge is 0.341 e. The van der Waals surface area contributed by atoms with Gasteiger partial charge in [0.25, 0.3) is 0 Å². The zero-order valence-electron chi connectivity index (χ0n) is 12.6. The minimum absolute atomic E-state index is 0.0758. The molecule has 23 heavy (non-hydrogen) atoms. The van der Waals surface area contributed by atoms with Gasteiger partial charge in [-0.3, -0.25) is 9.59 Å². The van der Waals surface area contributed by atoms with Gasteiger partial charge in [0.15, 0.2) is 0 Å². The van der Waals surface area contributed by atoms with Crippen LogP contribution in [-0.4, -0.2) is 43.5 Å². The summed E-state index contributed by atoms with van der Waals surface area (Å²) in [6, 6.07) is 7.19. The van der Waals surface area contributed by atoms with E-state index < -0.39 is 21.2 Å². The molecule has 2 aliphatic rings. The van der Waals surface area contributed by atoms with E-state index in [1.807, 2.05) is 12.1 Å². The number of nitrogens with zero attached hydrogens (tertiary/aromatic N) is 1. The Hall–Kier alpha value is -1.93. The minimum atomic E-state index is -3.67. The highest BCUT2D eigenvalue weighted by atomic mass is 32.2. The van der Waals surface area contributed by atoms with Gasteiger partial charge in [-0.1, -0.05) is 18.2 Å². The van der Waals surface area contributed by atoms with Crippen molar-refractivity contribution in [3.05, 3.63) is 29.8 Å². The first-order valence-electron chi connectivity index (χ1n) is 7.55. The Morgan fingerprint density at radius 3 is 2.78 bits per heavy atom. The highest BCUT2D eigenvalue weighted by Crippen LogP contribution is 2.34. The van der Waals surface area contributed by atoms with Crippen LogP contribution < -0.4 is 10.5 Å². The summed E-state index contributed by atoms with van der Waals surface area (Å²) in [6.07, 6.45) is 1.13. The summed E-state index contributed by atoms with van der Waals surface area (Å²) in [5.74, 6) is -0.984. The topological polar surface area (TPSA) is 110 Å². The molecule has 8 heteroatoms. The molecule has 1 aromatic carbocycles. The monoisotopic (exact) mass is 337 g/mol. The number of likely N-dealkylation sites (tertiary alicyclic amines) is 1. The van der Waals surface area contributed by atoms with Gasteiger partial charge in [-0.15, -0.1) is 0 Å². The number of nitrogens with two attached hydrogens (primary N) is 1. The Bertz CT molecular complexity index is 747. The van der Waals surface area contributed by atoms with Crippen LogP contribution in [0.4, 0.5) is 5.69 Å². The van der Waals surface area contributed by atoms with E-state index >= 15 is 0 Å². The van der Waals surface area contributed by atoms with E-state index in [2.05, 4.69) is 5.32 Å². The fraction of sp³-hybridized carbons (Fsp3) is 0.467. The fourth-order valence-electron chi connectivity index (χ4n) is 3.26. The number of amides is 2. The number of nitrogens with one attached hydrogen (secondary N) is 1. The molecule has 124 valence electrons. The first-order chi connectivity index (χ1) is 10.9. The predicted molar refractivity (Wildman–Crippen MR) is 85.1 cm³/mol. The van der Waals surface area contributed by atoms with Crippen LogP contribution in [0.2, 0.25) is 0 Å². The highest BCUT2D eigenvalue weighted by molar-refractivity contribution is 7.89. The number of rotatable bonds is 2. The molecule has 3 rings (SSSR count). The molecule has 2 unspecified atom stereocenters. The van der Waals surface area contributed by atoms with Crippen LogP contribution >= 0.6 is 0 Å². The van der Waals surface area contributed by atoms with Gasteiger partial charge in [-0.2, -0.15) is 0 Å². The van der Waals surface area contributed by atoms with E-state index in [-0.39, 0.29) is 24.8 Å². The lowest BCUT2D eigenvalue weighted by atomic mass is 9.89. The smallest absolute Gasteiger partial charge is 0.230 e. The molecular formula is C15H19N3O4S. The molecule has 0 spiro atoms. The Kier molecular flexibility index (Phi) is 4.11. The van der Waals surface area contributed by atoms with Crippen molar-refractivity contribution in [1.29, 1.82) is 0 Å². The second-order valence-electron chi connectivity index (χ2n) is 6.03. The molecule has 0 radical (unpaired) electrons. The van der Waals surface area contributed by atoms with Crippen LogP contribution in [0, 0.1) is 0 Å². The van der Waals surface area contributed by atoms with Crippen molar-refractivity contribution in [2.45, 2.75) is 30.4 Å². The third kappa shape index (κ3) is 3.23. The molecule has 2 amide bonds. The van der Waals surface area contributed by atoms with Gasteiger partial charge in [-0.25, -0.2) is 13.6 Å². The molecule has 0 saturated carbocycles. The van der Waals surface area contributed by atoms with Crippen molar-refractivity contribution in [2.24, 2.45) is 5.14 Å². The van der Waals surface area contributed by atoms with Crippen molar-refractivity contribution in [1.82, 2.24) is 4.90 Å². The van der Waals surface area contributed by atoms with Gasteiger partial charge in [0.1, 0.15) is 0 Å². The van der Waals surface area contributed by atoms with Crippen LogP contribution in [0.3, 0.4) is 0 Å². The zero-order chi connectivity index (χ0) is 16.6. The van der Waals surface area contributed by atoms with Gasteiger partial charge in [0.05, 0.1) is 11.2 Å². The maximum absolute atomic E-state index is 12.8. The molecule has 2 heterocycles. The Balaban J connectivity index is 1.84. The number of carbonyl (C=O) groups excluding carboxylic acids is 2. The Labute approximate surface area is 134 Å². The average Bonchev–Trinajstić information content (AvgIpc) is 2.52. The van der Waals surface area contributed by atoms with Crippen LogP contribution in [-0.2, 0) is 19.6 Å². The number of primary sulfonamides is 1. The van der Waals surface area contributed by atoms with Gasteiger partial charge in [-0.05, 0) is 24.5 Å². The van der Waals surface area contributed by atoms with Crippen molar-refractivity contribution in [2.75, 3.05) is 18.4 Å². The molecule has 7 nitrogen and oxygen atoms in total.